The first kappa shape index (κ1) is 16.3. The number of carbonyl (C=O) groups excluding carboxylic acids is 1. The Labute approximate surface area is 128 Å². The van der Waals surface area contributed by atoms with Gasteiger partial charge in [0.15, 0.2) is 0 Å². The maximum Gasteiger partial charge on any atom is 0.407 e. The van der Waals surface area contributed by atoms with Gasteiger partial charge >= 0.3 is 6.09 Å². The van der Waals surface area contributed by atoms with Crippen LogP contribution >= 0.6 is 0 Å². The van der Waals surface area contributed by atoms with E-state index in [9.17, 15) is 4.79 Å². The van der Waals surface area contributed by atoms with E-state index < -0.39 is 5.60 Å². The molecule has 2 bridgehead atoms. The van der Waals surface area contributed by atoms with Gasteiger partial charge in [0.05, 0.1) is 0 Å². The largest absolute Gasteiger partial charge is 0.444 e. The highest BCUT2D eigenvalue weighted by Gasteiger charge is 2.50. The van der Waals surface area contributed by atoms with E-state index in [1.165, 1.54) is 18.4 Å². The number of hydrogen-bond donors (Lipinski definition) is 2. The number of alkyl carbamates (subject to hydrolysis) is 1. The molecule has 0 saturated heterocycles. The Hall–Kier alpha value is -1.03. The second-order valence-corrected chi connectivity index (χ2v) is 8.17. The highest BCUT2D eigenvalue weighted by molar-refractivity contribution is 5.67. The molecule has 0 aromatic carbocycles. The first-order valence-electron chi connectivity index (χ1n) is 8.01. The van der Waals surface area contributed by atoms with Crippen molar-refractivity contribution in [1.29, 1.82) is 0 Å². The van der Waals surface area contributed by atoms with Crippen molar-refractivity contribution in [2.75, 3.05) is 6.54 Å². The second kappa shape index (κ2) is 5.64. The summed E-state index contributed by atoms with van der Waals surface area (Å²) in [7, 11) is 0. The van der Waals surface area contributed by atoms with Crippen molar-refractivity contribution in [2.45, 2.75) is 65.5 Å². The molecular formula is C17H30N2O2. The van der Waals surface area contributed by atoms with Crippen LogP contribution < -0.4 is 11.1 Å². The van der Waals surface area contributed by atoms with Gasteiger partial charge in [-0.1, -0.05) is 25.5 Å². The van der Waals surface area contributed by atoms with E-state index in [0.717, 1.165) is 12.3 Å². The quantitative estimate of drug-likeness (QED) is 0.782. The standard InChI is InChI=1S/C17H30N2O2/c1-16(2,3)21-15(20)19-10-13(18)8-11-6-7-12-9-14(11)17(12,4)5/h6,12-14H,7-10,18H2,1-5H3,(H,19,20). The van der Waals surface area contributed by atoms with Crippen LogP contribution in [0.15, 0.2) is 11.6 Å². The van der Waals surface area contributed by atoms with Crippen LogP contribution in [0.1, 0.15) is 53.9 Å². The molecular weight excluding hydrogens is 264 g/mol. The summed E-state index contributed by atoms with van der Waals surface area (Å²) in [6, 6.07) is -0.0447. The van der Waals surface area contributed by atoms with Gasteiger partial charge in [-0.3, -0.25) is 0 Å². The van der Waals surface area contributed by atoms with Crippen LogP contribution in [0.4, 0.5) is 4.79 Å². The van der Waals surface area contributed by atoms with Crippen molar-refractivity contribution in [2.24, 2.45) is 23.0 Å². The fourth-order valence-electron chi connectivity index (χ4n) is 3.61. The van der Waals surface area contributed by atoms with Crippen LogP contribution in [0.2, 0.25) is 0 Å². The predicted molar refractivity (Wildman–Crippen MR) is 84.9 cm³/mol. The van der Waals surface area contributed by atoms with E-state index in [0.29, 0.717) is 17.9 Å². The lowest BCUT2D eigenvalue weighted by atomic mass is 9.48. The SMILES string of the molecule is CC(C)(C)OC(=O)NCC(N)CC1=CCC2CC1C2(C)C. The molecule has 120 valence electrons. The topological polar surface area (TPSA) is 64.3 Å². The van der Waals surface area contributed by atoms with Gasteiger partial charge in [0.1, 0.15) is 5.60 Å². The molecule has 21 heavy (non-hydrogen) atoms. The molecule has 3 atom stereocenters. The first-order valence-corrected chi connectivity index (χ1v) is 8.01. The minimum Gasteiger partial charge on any atom is -0.444 e. The average molecular weight is 294 g/mol. The monoisotopic (exact) mass is 294 g/mol. The molecule has 3 unspecified atom stereocenters. The van der Waals surface area contributed by atoms with E-state index in [1.807, 2.05) is 20.8 Å². The molecule has 3 aliphatic rings. The molecule has 0 aromatic heterocycles. The van der Waals surface area contributed by atoms with Gasteiger partial charge < -0.3 is 15.8 Å². The van der Waals surface area contributed by atoms with Gasteiger partial charge in [0, 0.05) is 12.6 Å². The Bertz CT molecular complexity index is 435. The smallest absolute Gasteiger partial charge is 0.407 e. The zero-order valence-electron chi connectivity index (χ0n) is 14.0. The Morgan fingerprint density at radius 3 is 2.71 bits per heavy atom. The fraction of sp³-hybridized carbons (Fsp3) is 0.824. The number of ether oxygens (including phenoxy) is 1. The summed E-state index contributed by atoms with van der Waals surface area (Å²) in [4.78, 5) is 11.6. The highest BCUT2D eigenvalue weighted by Crippen LogP contribution is 2.59. The van der Waals surface area contributed by atoms with Crippen LogP contribution in [0.3, 0.4) is 0 Å². The van der Waals surface area contributed by atoms with Gasteiger partial charge in [-0.25, -0.2) is 4.79 Å². The van der Waals surface area contributed by atoms with Gasteiger partial charge in [-0.05, 0) is 57.3 Å². The highest BCUT2D eigenvalue weighted by atomic mass is 16.6. The zero-order chi connectivity index (χ0) is 15.8. The van der Waals surface area contributed by atoms with Crippen LogP contribution in [0.5, 0.6) is 0 Å². The molecule has 1 fully saturated rings. The summed E-state index contributed by atoms with van der Waals surface area (Å²) in [6.45, 7) is 10.8. The molecule has 0 aliphatic heterocycles. The predicted octanol–water partition coefficient (Wildman–Crippen LogP) is 3.22. The van der Waals surface area contributed by atoms with Gasteiger partial charge in [-0.2, -0.15) is 0 Å². The lowest BCUT2D eigenvalue weighted by molar-refractivity contribution is -0.00876. The third kappa shape index (κ3) is 3.79. The van der Waals surface area contributed by atoms with E-state index in [4.69, 9.17) is 10.5 Å². The van der Waals surface area contributed by atoms with Crippen molar-refractivity contribution in [1.82, 2.24) is 5.32 Å². The molecule has 3 aliphatic carbocycles. The lowest BCUT2D eigenvalue weighted by Gasteiger charge is -2.56. The van der Waals surface area contributed by atoms with E-state index in [-0.39, 0.29) is 12.1 Å². The fourth-order valence-corrected chi connectivity index (χ4v) is 3.61. The van der Waals surface area contributed by atoms with Crippen molar-refractivity contribution in [3.63, 3.8) is 0 Å². The number of amides is 1. The van der Waals surface area contributed by atoms with Gasteiger partial charge in [0.25, 0.3) is 0 Å². The number of rotatable bonds is 4. The summed E-state index contributed by atoms with van der Waals surface area (Å²) in [5, 5.41) is 2.76. The lowest BCUT2D eigenvalue weighted by Crippen LogP contribution is -2.49. The maximum absolute atomic E-state index is 11.6. The molecule has 1 saturated carbocycles. The van der Waals surface area contributed by atoms with Crippen LogP contribution in [0, 0.1) is 17.3 Å². The molecule has 0 aromatic rings. The second-order valence-electron chi connectivity index (χ2n) is 8.17. The Morgan fingerprint density at radius 1 is 1.52 bits per heavy atom. The zero-order valence-corrected chi connectivity index (χ0v) is 14.0. The minimum absolute atomic E-state index is 0.0447. The number of nitrogens with one attached hydrogen (secondary N) is 1. The molecule has 3 rings (SSSR count). The normalized spacial score (nSPS) is 28.2. The number of nitrogens with two attached hydrogens (primary N) is 1. The molecule has 1 amide bonds. The summed E-state index contributed by atoms with van der Waals surface area (Å²) in [5.74, 6) is 1.53. The maximum atomic E-state index is 11.6. The van der Waals surface area contributed by atoms with E-state index in [1.54, 1.807) is 0 Å². The summed E-state index contributed by atoms with van der Waals surface area (Å²) in [5.41, 5.74) is 7.63. The number of hydrogen-bond acceptors (Lipinski definition) is 3. The van der Waals surface area contributed by atoms with E-state index in [2.05, 4.69) is 25.2 Å². The molecule has 4 heteroatoms. The third-order valence-corrected chi connectivity index (χ3v) is 4.99. The van der Waals surface area contributed by atoms with Crippen LogP contribution in [-0.2, 0) is 4.74 Å². The Balaban J connectivity index is 1.77. The van der Waals surface area contributed by atoms with Crippen molar-refractivity contribution >= 4 is 6.09 Å². The number of allylic oxidation sites excluding steroid dienone is 1. The third-order valence-electron chi connectivity index (χ3n) is 4.99. The van der Waals surface area contributed by atoms with Crippen molar-refractivity contribution in [3.05, 3.63) is 11.6 Å². The van der Waals surface area contributed by atoms with Crippen molar-refractivity contribution < 1.29 is 9.53 Å². The van der Waals surface area contributed by atoms with Gasteiger partial charge in [0.2, 0.25) is 0 Å². The molecule has 0 heterocycles. The van der Waals surface area contributed by atoms with Crippen LogP contribution in [0.25, 0.3) is 0 Å². The summed E-state index contributed by atoms with van der Waals surface area (Å²) < 4.78 is 5.22. The molecule has 3 N–H and O–H groups in total. The Kier molecular flexibility index (Phi) is 4.39. The molecule has 4 nitrogen and oxygen atoms in total. The number of fused-ring (bicyclic) bond motifs is 1. The number of carbonyl (C=O) groups is 1. The molecule has 0 spiro atoms. The molecule has 0 radical (unpaired) electrons. The average Bonchev–Trinajstić information content (AvgIpc) is 2.34. The Morgan fingerprint density at radius 2 is 2.19 bits per heavy atom. The van der Waals surface area contributed by atoms with Crippen molar-refractivity contribution in [3.8, 4) is 0 Å². The minimum atomic E-state index is -0.467. The van der Waals surface area contributed by atoms with Crippen LogP contribution in [-0.4, -0.2) is 24.3 Å². The van der Waals surface area contributed by atoms with E-state index >= 15 is 0 Å². The summed E-state index contributed by atoms with van der Waals surface area (Å²) >= 11 is 0. The first-order chi connectivity index (χ1) is 9.59. The van der Waals surface area contributed by atoms with Gasteiger partial charge in [-0.15, -0.1) is 0 Å². The summed E-state index contributed by atoms with van der Waals surface area (Å²) in [6.07, 6.45) is 5.35.